The molecule has 0 aromatic heterocycles. The summed E-state index contributed by atoms with van der Waals surface area (Å²) < 4.78 is 0. The first kappa shape index (κ1) is 12.9. The SMILES string of the molecule is CC(C)c1cccc2cc(Cc3ccccc3)cc-2c1. The summed E-state index contributed by atoms with van der Waals surface area (Å²) in [7, 11) is 0. The molecule has 0 bridgehead atoms. The van der Waals surface area contributed by atoms with Crippen LogP contribution in [0.3, 0.4) is 0 Å². The van der Waals surface area contributed by atoms with E-state index in [4.69, 9.17) is 0 Å². The molecule has 0 spiro atoms. The van der Waals surface area contributed by atoms with Crippen molar-refractivity contribution < 1.29 is 0 Å². The van der Waals surface area contributed by atoms with Crippen LogP contribution in [-0.2, 0) is 6.42 Å². The Morgan fingerprint density at radius 1 is 0.700 bits per heavy atom. The molecule has 2 aliphatic carbocycles. The summed E-state index contributed by atoms with van der Waals surface area (Å²) in [5.74, 6) is 0.568. The van der Waals surface area contributed by atoms with Crippen molar-refractivity contribution in [2.45, 2.75) is 26.2 Å². The fraction of sp³-hybridized carbons (Fsp3) is 0.200. The minimum absolute atomic E-state index is 0.568. The predicted octanol–water partition coefficient (Wildman–Crippen LogP) is 5.51. The van der Waals surface area contributed by atoms with Crippen LogP contribution in [0.4, 0.5) is 0 Å². The molecule has 0 aliphatic heterocycles. The predicted molar refractivity (Wildman–Crippen MR) is 86.4 cm³/mol. The molecule has 1 aromatic carbocycles. The van der Waals surface area contributed by atoms with Gasteiger partial charge in [-0.05, 0) is 40.2 Å². The van der Waals surface area contributed by atoms with Crippen molar-refractivity contribution in [2.75, 3.05) is 0 Å². The lowest BCUT2D eigenvalue weighted by atomic mass is 10.0. The first-order valence-electron chi connectivity index (χ1n) is 7.29. The zero-order valence-corrected chi connectivity index (χ0v) is 12.1. The van der Waals surface area contributed by atoms with Crippen molar-refractivity contribution in [1.29, 1.82) is 0 Å². The van der Waals surface area contributed by atoms with Crippen molar-refractivity contribution in [2.24, 2.45) is 0 Å². The Bertz CT molecular complexity index is 665. The molecule has 0 heteroatoms. The highest BCUT2D eigenvalue weighted by Gasteiger charge is 2.08. The van der Waals surface area contributed by atoms with E-state index in [2.05, 4.69) is 80.6 Å². The third-order valence-electron chi connectivity index (χ3n) is 3.82. The summed E-state index contributed by atoms with van der Waals surface area (Å²) in [5.41, 5.74) is 6.85. The number of benzene rings is 1. The van der Waals surface area contributed by atoms with Crippen LogP contribution in [0.15, 0.2) is 66.7 Å². The maximum Gasteiger partial charge on any atom is -0.00253 e. The van der Waals surface area contributed by atoms with Crippen LogP contribution in [0.2, 0.25) is 0 Å². The Balaban J connectivity index is 1.96. The van der Waals surface area contributed by atoms with Crippen molar-refractivity contribution in [3.05, 3.63) is 83.4 Å². The molecule has 0 atom stereocenters. The zero-order chi connectivity index (χ0) is 13.9. The summed E-state index contributed by atoms with van der Waals surface area (Å²) in [6.07, 6.45) is 1.01. The van der Waals surface area contributed by atoms with Gasteiger partial charge < -0.3 is 0 Å². The highest BCUT2D eigenvalue weighted by atomic mass is 14.1. The van der Waals surface area contributed by atoms with Gasteiger partial charge in [-0.3, -0.25) is 0 Å². The van der Waals surface area contributed by atoms with Gasteiger partial charge in [0.1, 0.15) is 0 Å². The minimum Gasteiger partial charge on any atom is -0.0622 e. The highest BCUT2D eigenvalue weighted by molar-refractivity contribution is 5.69. The van der Waals surface area contributed by atoms with Crippen LogP contribution in [0.1, 0.15) is 36.5 Å². The van der Waals surface area contributed by atoms with Gasteiger partial charge in [0.05, 0.1) is 0 Å². The zero-order valence-electron chi connectivity index (χ0n) is 12.1. The monoisotopic (exact) mass is 260 g/mol. The molecule has 0 heterocycles. The molecular weight excluding hydrogens is 240 g/mol. The summed E-state index contributed by atoms with van der Waals surface area (Å²) in [6.45, 7) is 4.49. The molecule has 1 aromatic rings. The van der Waals surface area contributed by atoms with Crippen LogP contribution >= 0.6 is 0 Å². The third-order valence-corrected chi connectivity index (χ3v) is 3.82. The van der Waals surface area contributed by atoms with Gasteiger partial charge in [-0.25, -0.2) is 0 Å². The maximum absolute atomic E-state index is 2.33. The number of hydrogen-bond donors (Lipinski definition) is 0. The third kappa shape index (κ3) is 2.75. The number of hydrogen-bond acceptors (Lipinski definition) is 0. The van der Waals surface area contributed by atoms with Crippen LogP contribution in [-0.4, -0.2) is 0 Å². The van der Waals surface area contributed by atoms with E-state index in [1.165, 1.54) is 27.8 Å². The fourth-order valence-electron chi connectivity index (χ4n) is 2.66. The van der Waals surface area contributed by atoms with Crippen molar-refractivity contribution in [3.8, 4) is 11.1 Å². The Morgan fingerprint density at radius 3 is 2.20 bits per heavy atom. The molecule has 0 fully saturated rings. The van der Waals surface area contributed by atoms with Gasteiger partial charge in [0.25, 0.3) is 0 Å². The quantitative estimate of drug-likeness (QED) is 0.583. The Morgan fingerprint density at radius 2 is 1.45 bits per heavy atom. The summed E-state index contributed by atoms with van der Waals surface area (Å²) in [6, 6.07) is 24.2. The van der Waals surface area contributed by atoms with E-state index in [-0.39, 0.29) is 0 Å². The molecule has 3 rings (SSSR count). The van der Waals surface area contributed by atoms with Crippen LogP contribution in [0.25, 0.3) is 11.1 Å². The molecule has 0 nitrogen and oxygen atoms in total. The summed E-state index contributed by atoms with van der Waals surface area (Å²) >= 11 is 0. The lowest BCUT2D eigenvalue weighted by Crippen LogP contribution is -1.84. The molecule has 0 N–H and O–H groups in total. The lowest BCUT2D eigenvalue weighted by molar-refractivity contribution is 0.869. The van der Waals surface area contributed by atoms with Gasteiger partial charge in [0.15, 0.2) is 0 Å². The Hall–Kier alpha value is -2.08. The van der Waals surface area contributed by atoms with E-state index in [1.54, 1.807) is 0 Å². The Labute approximate surface area is 121 Å². The van der Waals surface area contributed by atoms with E-state index in [0.29, 0.717) is 5.92 Å². The van der Waals surface area contributed by atoms with Gasteiger partial charge in [0, 0.05) is 0 Å². The van der Waals surface area contributed by atoms with Crippen molar-refractivity contribution >= 4 is 0 Å². The second kappa shape index (κ2) is 5.50. The number of rotatable bonds is 3. The summed E-state index contributed by atoms with van der Waals surface area (Å²) in [5, 5.41) is 0. The highest BCUT2D eigenvalue weighted by Crippen LogP contribution is 2.29. The first-order valence-corrected chi connectivity index (χ1v) is 7.29. The second-order valence-electron chi connectivity index (χ2n) is 5.76. The second-order valence-corrected chi connectivity index (χ2v) is 5.76. The minimum atomic E-state index is 0.568. The normalized spacial score (nSPS) is 11.2. The van der Waals surface area contributed by atoms with Crippen LogP contribution in [0.5, 0.6) is 0 Å². The molecule has 0 radical (unpaired) electrons. The van der Waals surface area contributed by atoms with Gasteiger partial charge in [-0.1, -0.05) is 80.6 Å². The molecule has 0 saturated carbocycles. The average molecular weight is 260 g/mol. The van der Waals surface area contributed by atoms with Crippen LogP contribution in [0, 0.1) is 0 Å². The van der Waals surface area contributed by atoms with Crippen molar-refractivity contribution in [1.82, 2.24) is 0 Å². The Kier molecular flexibility index (Phi) is 3.56. The molecule has 2 aliphatic rings. The fourth-order valence-corrected chi connectivity index (χ4v) is 2.66. The average Bonchev–Trinajstić information content (AvgIpc) is 2.69. The standard InChI is InChI=1S/C20H20/c1-15(2)18-9-6-10-19-12-17(13-20(19)14-18)11-16-7-4-3-5-8-16/h3-10,12-15H,11H2,1-2H3. The van der Waals surface area contributed by atoms with Crippen LogP contribution < -0.4 is 0 Å². The van der Waals surface area contributed by atoms with Crippen molar-refractivity contribution in [3.63, 3.8) is 0 Å². The topological polar surface area (TPSA) is 0 Å². The lowest BCUT2D eigenvalue weighted by Gasteiger charge is -2.01. The molecule has 100 valence electrons. The first-order chi connectivity index (χ1) is 9.72. The van der Waals surface area contributed by atoms with Gasteiger partial charge in [-0.15, -0.1) is 0 Å². The van der Waals surface area contributed by atoms with Gasteiger partial charge in [0.2, 0.25) is 0 Å². The van der Waals surface area contributed by atoms with E-state index in [1.807, 2.05) is 0 Å². The van der Waals surface area contributed by atoms with E-state index >= 15 is 0 Å². The number of fused-ring (bicyclic) bond motifs is 1. The van der Waals surface area contributed by atoms with Gasteiger partial charge in [-0.2, -0.15) is 0 Å². The van der Waals surface area contributed by atoms with E-state index in [0.717, 1.165) is 6.42 Å². The smallest absolute Gasteiger partial charge is 0.00253 e. The molecule has 0 amide bonds. The summed E-state index contributed by atoms with van der Waals surface area (Å²) in [4.78, 5) is 0. The van der Waals surface area contributed by atoms with Gasteiger partial charge >= 0.3 is 0 Å². The van der Waals surface area contributed by atoms with E-state index < -0.39 is 0 Å². The molecule has 0 saturated heterocycles. The molecule has 20 heavy (non-hydrogen) atoms. The molecule has 0 unspecified atom stereocenters. The molecular formula is C20H20. The maximum atomic E-state index is 2.33. The largest absolute Gasteiger partial charge is 0.0622 e. The van der Waals surface area contributed by atoms with E-state index in [9.17, 15) is 0 Å².